The number of carbonyl (C=O) groups is 1. The highest BCUT2D eigenvalue weighted by atomic mass is 32.1. The van der Waals surface area contributed by atoms with Crippen molar-refractivity contribution in [3.8, 4) is 0 Å². The van der Waals surface area contributed by atoms with Gasteiger partial charge in [-0.3, -0.25) is 4.79 Å². The van der Waals surface area contributed by atoms with Crippen LogP contribution >= 0.6 is 11.3 Å². The molecule has 1 heterocycles. The molecule has 0 aliphatic heterocycles. The number of rotatable bonds is 3. The summed E-state index contributed by atoms with van der Waals surface area (Å²) in [5, 5.41) is 9.89. The van der Waals surface area contributed by atoms with Crippen LogP contribution in [0.3, 0.4) is 0 Å². The van der Waals surface area contributed by atoms with Gasteiger partial charge in [0.2, 0.25) is 0 Å². The standard InChI is InChI=1S/C10H13NO2S/c1-5(2)9-11-4-8(14-9)6-3-7(6)10(12)13/h4-7H,3H2,1-2H3,(H,12,13). The van der Waals surface area contributed by atoms with Gasteiger partial charge in [0.25, 0.3) is 0 Å². The van der Waals surface area contributed by atoms with E-state index in [0.29, 0.717) is 5.92 Å². The molecule has 4 heteroatoms. The lowest BCUT2D eigenvalue weighted by Crippen LogP contribution is -1.97. The van der Waals surface area contributed by atoms with Gasteiger partial charge in [-0.05, 0) is 6.42 Å². The molecular formula is C10H13NO2S. The van der Waals surface area contributed by atoms with Gasteiger partial charge in [-0.1, -0.05) is 13.8 Å². The molecule has 1 aliphatic rings. The van der Waals surface area contributed by atoms with E-state index < -0.39 is 5.97 Å². The molecule has 0 spiro atoms. The highest BCUT2D eigenvalue weighted by molar-refractivity contribution is 7.11. The molecule has 0 aromatic carbocycles. The summed E-state index contributed by atoms with van der Waals surface area (Å²) in [4.78, 5) is 16.1. The monoisotopic (exact) mass is 211 g/mol. The van der Waals surface area contributed by atoms with Gasteiger partial charge in [-0.25, -0.2) is 4.98 Å². The molecule has 2 atom stereocenters. The number of carboxylic acid groups (broad SMARTS) is 1. The molecule has 14 heavy (non-hydrogen) atoms. The van der Waals surface area contributed by atoms with Crippen LogP contribution < -0.4 is 0 Å². The van der Waals surface area contributed by atoms with Crippen LogP contribution in [0.4, 0.5) is 0 Å². The van der Waals surface area contributed by atoms with Gasteiger partial charge in [-0.15, -0.1) is 11.3 Å². The summed E-state index contributed by atoms with van der Waals surface area (Å²) in [5.41, 5.74) is 0. The molecule has 0 radical (unpaired) electrons. The van der Waals surface area contributed by atoms with Gasteiger partial charge in [0.1, 0.15) is 0 Å². The summed E-state index contributed by atoms with van der Waals surface area (Å²) in [6.07, 6.45) is 2.63. The van der Waals surface area contributed by atoms with Gasteiger partial charge in [-0.2, -0.15) is 0 Å². The van der Waals surface area contributed by atoms with Crippen molar-refractivity contribution in [2.45, 2.75) is 32.1 Å². The minimum Gasteiger partial charge on any atom is -0.481 e. The Morgan fingerprint density at radius 3 is 2.86 bits per heavy atom. The van der Waals surface area contributed by atoms with E-state index in [-0.39, 0.29) is 11.8 Å². The zero-order valence-electron chi connectivity index (χ0n) is 8.23. The second kappa shape index (κ2) is 3.35. The maximum absolute atomic E-state index is 10.7. The third-order valence-corrected chi connectivity index (χ3v) is 3.94. The fraction of sp³-hybridized carbons (Fsp3) is 0.600. The molecule has 0 amide bonds. The molecule has 1 saturated carbocycles. The molecule has 3 nitrogen and oxygen atoms in total. The van der Waals surface area contributed by atoms with Gasteiger partial charge < -0.3 is 5.11 Å². The molecule has 2 rings (SSSR count). The highest BCUT2D eigenvalue weighted by Gasteiger charge is 2.45. The molecule has 1 aromatic heterocycles. The lowest BCUT2D eigenvalue weighted by Gasteiger charge is -1.95. The van der Waals surface area contributed by atoms with E-state index in [1.807, 2.05) is 6.20 Å². The summed E-state index contributed by atoms with van der Waals surface area (Å²) in [6, 6.07) is 0. The normalized spacial score (nSPS) is 25.4. The van der Waals surface area contributed by atoms with E-state index >= 15 is 0 Å². The molecule has 76 valence electrons. The fourth-order valence-corrected chi connectivity index (χ4v) is 2.62. The van der Waals surface area contributed by atoms with Crippen molar-refractivity contribution in [3.63, 3.8) is 0 Å². The first-order chi connectivity index (χ1) is 6.59. The van der Waals surface area contributed by atoms with Gasteiger partial charge in [0, 0.05) is 22.9 Å². The maximum Gasteiger partial charge on any atom is 0.307 e. The Hall–Kier alpha value is -0.900. The summed E-state index contributed by atoms with van der Waals surface area (Å²) >= 11 is 1.66. The zero-order chi connectivity index (χ0) is 10.3. The third-order valence-electron chi connectivity index (χ3n) is 2.51. The SMILES string of the molecule is CC(C)c1ncc(C2CC2C(=O)O)s1. The molecule has 1 fully saturated rings. The van der Waals surface area contributed by atoms with Crippen LogP contribution in [0.25, 0.3) is 0 Å². The minimum atomic E-state index is -0.672. The van der Waals surface area contributed by atoms with Crippen molar-refractivity contribution >= 4 is 17.3 Å². The first-order valence-electron chi connectivity index (χ1n) is 4.78. The Bertz CT molecular complexity index is 359. The number of carboxylic acids is 1. The Morgan fingerprint density at radius 2 is 2.43 bits per heavy atom. The molecule has 0 bridgehead atoms. The van der Waals surface area contributed by atoms with E-state index in [0.717, 1.165) is 16.3 Å². The largest absolute Gasteiger partial charge is 0.481 e. The quantitative estimate of drug-likeness (QED) is 0.835. The maximum atomic E-state index is 10.7. The molecule has 1 aliphatic carbocycles. The van der Waals surface area contributed by atoms with Crippen molar-refractivity contribution in [1.29, 1.82) is 0 Å². The topological polar surface area (TPSA) is 50.2 Å². The highest BCUT2D eigenvalue weighted by Crippen LogP contribution is 2.49. The summed E-state index contributed by atoms with van der Waals surface area (Å²) in [7, 11) is 0. The molecule has 1 N–H and O–H groups in total. The number of hydrogen-bond acceptors (Lipinski definition) is 3. The molecule has 2 unspecified atom stereocenters. The molecular weight excluding hydrogens is 198 g/mol. The van der Waals surface area contributed by atoms with Crippen LogP contribution in [0, 0.1) is 5.92 Å². The Kier molecular flexibility index (Phi) is 2.31. The average molecular weight is 211 g/mol. The van der Waals surface area contributed by atoms with Crippen LogP contribution in [0.5, 0.6) is 0 Å². The number of aromatic nitrogens is 1. The van der Waals surface area contributed by atoms with E-state index in [4.69, 9.17) is 5.11 Å². The van der Waals surface area contributed by atoms with Crippen molar-refractivity contribution in [3.05, 3.63) is 16.1 Å². The van der Waals surface area contributed by atoms with Gasteiger partial charge >= 0.3 is 5.97 Å². The number of hydrogen-bond donors (Lipinski definition) is 1. The first-order valence-corrected chi connectivity index (χ1v) is 5.59. The van der Waals surface area contributed by atoms with Crippen LogP contribution in [0.15, 0.2) is 6.20 Å². The summed E-state index contributed by atoms with van der Waals surface area (Å²) in [5.74, 6) is -0.154. The van der Waals surface area contributed by atoms with E-state index in [1.165, 1.54) is 0 Å². The van der Waals surface area contributed by atoms with Gasteiger partial charge in [0.05, 0.1) is 10.9 Å². The van der Waals surface area contributed by atoms with Crippen LogP contribution in [0.2, 0.25) is 0 Å². The van der Waals surface area contributed by atoms with Crippen molar-refractivity contribution in [2.75, 3.05) is 0 Å². The van der Waals surface area contributed by atoms with Crippen molar-refractivity contribution in [2.24, 2.45) is 5.92 Å². The molecule has 1 aromatic rings. The fourth-order valence-electron chi connectivity index (χ4n) is 1.52. The predicted octanol–water partition coefficient (Wildman–Crippen LogP) is 2.45. The lowest BCUT2D eigenvalue weighted by molar-refractivity contribution is -0.138. The Balaban J connectivity index is 2.09. The summed E-state index contributed by atoms with van der Waals surface area (Å²) < 4.78 is 0. The zero-order valence-corrected chi connectivity index (χ0v) is 9.04. The van der Waals surface area contributed by atoms with E-state index in [2.05, 4.69) is 18.8 Å². The first kappa shape index (κ1) is 9.65. The van der Waals surface area contributed by atoms with Crippen molar-refractivity contribution in [1.82, 2.24) is 4.98 Å². The second-order valence-electron chi connectivity index (χ2n) is 4.04. The number of thiazole rings is 1. The smallest absolute Gasteiger partial charge is 0.307 e. The third kappa shape index (κ3) is 1.66. The average Bonchev–Trinajstić information content (AvgIpc) is 2.76. The van der Waals surface area contributed by atoms with Crippen molar-refractivity contribution < 1.29 is 9.90 Å². The van der Waals surface area contributed by atoms with E-state index in [1.54, 1.807) is 11.3 Å². The van der Waals surface area contributed by atoms with Crippen LogP contribution in [-0.4, -0.2) is 16.1 Å². The van der Waals surface area contributed by atoms with Crippen LogP contribution in [0.1, 0.15) is 42.0 Å². The predicted molar refractivity (Wildman–Crippen MR) is 54.7 cm³/mol. The Morgan fingerprint density at radius 1 is 1.71 bits per heavy atom. The summed E-state index contributed by atoms with van der Waals surface area (Å²) in [6.45, 7) is 4.20. The number of nitrogens with zero attached hydrogens (tertiary/aromatic N) is 1. The Labute approximate surface area is 86.8 Å². The number of aliphatic carboxylic acids is 1. The van der Waals surface area contributed by atoms with Gasteiger partial charge in [0.15, 0.2) is 0 Å². The lowest BCUT2D eigenvalue weighted by atomic mass is 10.2. The molecule has 0 saturated heterocycles. The minimum absolute atomic E-state index is 0.157. The van der Waals surface area contributed by atoms with E-state index in [9.17, 15) is 4.79 Å². The van der Waals surface area contributed by atoms with Crippen LogP contribution in [-0.2, 0) is 4.79 Å². The second-order valence-corrected chi connectivity index (χ2v) is 5.14.